The van der Waals surface area contributed by atoms with E-state index in [9.17, 15) is 9.59 Å². The molecule has 27 heavy (non-hydrogen) atoms. The first kappa shape index (κ1) is 19.0. The maximum atomic E-state index is 12.5. The van der Waals surface area contributed by atoms with E-state index in [0.29, 0.717) is 16.7 Å². The Morgan fingerprint density at radius 1 is 1.22 bits per heavy atom. The first-order chi connectivity index (χ1) is 13.1. The number of ether oxygens (including phenoxy) is 1. The molecule has 0 spiro atoms. The lowest BCUT2D eigenvalue weighted by atomic mass is 10.1. The van der Waals surface area contributed by atoms with Gasteiger partial charge >= 0.3 is 0 Å². The van der Waals surface area contributed by atoms with Crippen molar-refractivity contribution in [2.24, 2.45) is 5.92 Å². The van der Waals surface area contributed by atoms with Crippen molar-refractivity contribution in [3.63, 3.8) is 0 Å². The van der Waals surface area contributed by atoms with E-state index in [1.807, 2.05) is 12.1 Å². The molecule has 3 rings (SSSR count). The molecule has 1 aromatic heterocycles. The van der Waals surface area contributed by atoms with Crippen LogP contribution in [0.15, 0.2) is 57.8 Å². The minimum Gasteiger partial charge on any atom is -0.493 e. The number of halogens is 1. The fourth-order valence-corrected chi connectivity index (χ4v) is 2.82. The highest BCUT2D eigenvalue weighted by molar-refractivity contribution is 9.10. The molecule has 140 valence electrons. The van der Waals surface area contributed by atoms with Crippen LogP contribution in [0, 0.1) is 5.92 Å². The average Bonchev–Trinajstić information content (AvgIpc) is 2.70. The van der Waals surface area contributed by atoms with E-state index in [1.165, 1.54) is 4.68 Å². The molecule has 2 aromatic carbocycles. The second-order valence-corrected chi connectivity index (χ2v) is 6.78. The number of carbonyl (C=O) groups is 1. The van der Waals surface area contributed by atoms with Gasteiger partial charge in [-0.25, -0.2) is 10.2 Å². The van der Waals surface area contributed by atoms with E-state index in [2.05, 4.69) is 26.2 Å². The summed E-state index contributed by atoms with van der Waals surface area (Å²) in [7, 11) is 0. The van der Waals surface area contributed by atoms with Crippen LogP contribution in [-0.4, -0.2) is 32.7 Å². The van der Waals surface area contributed by atoms with Crippen molar-refractivity contribution in [3.05, 3.63) is 63.4 Å². The zero-order valence-corrected chi connectivity index (χ0v) is 15.8. The fourth-order valence-electron chi connectivity index (χ4n) is 2.56. The minimum atomic E-state index is -0.668. The average molecular weight is 433 g/mol. The van der Waals surface area contributed by atoms with Gasteiger partial charge in [-0.3, -0.25) is 14.8 Å². The highest BCUT2D eigenvalue weighted by Gasteiger charge is 2.20. The van der Waals surface area contributed by atoms with Crippen LogP contribution in [0.5, 0.6) is 5.75 Å². The molecule has 0 bridgehead atoms. The minimum absolute atomic E-state index is 0.0454. The molecule has 8 nitrogen and oxygen atoms in total. The number of amides is 1. The van der Waals surface area contributed by atoms with E-state index >= 15 is 0 Å². The maximum Gasteiger partial charge on any atom is 0.277 e. The summed E-state index contributed by atoms with van der Waals surface area (Å²) in [6.07, 6.45) is 0.246. The zero-order chi connectivity index (χ0) is 19.2. The summed E-state index contributed by atoms with van der Waals surface area (Å²) in [6.45, 7) is 0.211. The molecular formula is C18H17BrN4O4. The van der Waals surface area contributed by atoms with Crippen LogP contribution in [0.4, 0.5) is 0 Å². The van der Waals surface area contributed by atoms with Gasteiger partial charge in [-0.15, -0.1) is 5.10 Å². The summed E-state index contributed by atoms with van der Waals surface area (Å²) in [5.41, 5.74) is 1.88. The smallest absolute Gasteiger partial charge is 0.277 e. The van der Waals surface area contributed by atoms with Crippen molar-refractivity contribution in [3.8, 4) is 5.75 Å². The van der Waals surface area contributed by atoms with E-state index in [-0.39, 0.29) is 25.1 Å². The zero-order valence-electron chi connectivity index (χ0n) is 14.2. The van der Waals surface area contributed by atoms with E-state index in [1.54, 1.807) is 41.9 Å². The molecule has 3 aromatic rings. The number of aryl methyl sites for hydroxylation is 1. The van der Waals surface area contributed by atoms with Gasteiger partial charge in [-0.05, 0) is 42.8 Å². The van der Waals surface area contributed by atoms with Crippen molar-refractivity contribution in [1.29, 1.82) is 0 Å². The van der Waals surface area contributed by atoms with Gasteiger partial charge in [0.15, 0.2) is 0 Å². The highest BCUT2D eigenvalue weighted by atomic mass is 79.9. The predicted molar refractivity (Wildman–Crippen MR) is 101 cm³/mol. The van der Waals surface area contributed by atoms with Crippen LogP contribution in [0.3, 0.4) is 0 Å². The molecule has 1 heterocycles. The third-order valence-corrected chi connectivity index (χ3v) is 4.59. The Balaban J connectivity index is 1.69. The fraction of sp³-hybridized carbons (Fsp3) is 0.222. The topological polar surface area (TPSA) is 106 Å². The van der Waals surface area contributed by atoms with Crippen LogP contribution >= 0.6 is 15.9 Å². The third kappa shape index (κ3) is 4.69. The summed E-state index contributed by atoms with van der Waals surface area (Å²) < 4.78 is 7.74. The molecule has 1 atom stereocenters. The Morgan fingerprint density at radius 3 is 2.70 bits per heavy atom. The molecule has 0 aliphatic heterocycles. The summed E-state index contributed by atoms with van der Waals surface area (Å²) in [6, 6.07) is 14.1. The molecule has 9 heteroatoms. The third-order valence-electron chi connectivity index (χ3n) is 4.06. The molecule has 2 N–H and O–H groups in total. The second-order valence-electron chi connectivity index (χ2n) is 5.86. The second kappa shape index (κ2) is 8.74. The number of carbonyl (C=O) groups excluding carboxylic acids is 1. The standard InChI is InChI=1S/C18H17BrN4O4/c19-13-5-7-14(8-6-13)27-11-12(17(24)21-26)9-10-23-18(25)15-3-1-2-4-16(15)20-22-23/h1-8,12,26H,9-11H2,(H,21,24). The highest BCUT2D eigenvalue weighted by Crippen LogP contribution is 2.17. The Bertz CT molecular complexity index is 991. The monoisotopic (exact) mass is 432 g/mol. The number of benzene rings is 2. The summed E-state index contributed by atoms with van der Waals surface area (Å²) in [5, 5.41) is 17.4. The maximum absolute atomic E-state index is 12.5. The van der Waals surface area contributed by atoms with Crippen LogP contribution in [-0.2, 0) is 11.3 Å². The Labute approximate surface area is 162 Å². The Hall–Kier alpha value is -2.78. The van der Waals surface area contributed by atoms with Crippen molar-refractivity contribution in [2.45, 2.75) is 13.0 Å². The van der Waals surface area contributed by atoms with Gasteiger partial charge in [0.1, 0.15) is 11.3 Å². The number of fused-ring (bicyclic) bond motifs is 1. The number of aromatic nitrogens is 3. The van der Waals surface area contributed by atoms with Crippen LogP contribution < -0.4 is 15.8 Å². The van der Waals surface area contributed by atoms with E-state index in [4.69, 9.17) is 9.94 Å². The molecule has 0 saturated carbocycles. The number of rotatable bonds is 7. The molecule has 0 aliphatic carbocycles. The quantitative estimate of drug-likeness (QED) is 0.437. The number of hydroxylamine groups is 1. The number of nitrogens with one attached hydrogen (secondary N) is 1. The van der Waals surface area contributed by atoms with Gasteiger partial charge in [0.25, 0.3) is 5.56 Å². The number of nitrogens with zero attached hydrogens (tertiary/aromatic N) is 3. The lowest BCUT2D eigenvalue weighted by molar-refractivity contribution is -0.134. The van der Waals surface area contributed by atoms with Crippen LogP contribution in [0.1, 0.15) is 6.42 Å². The summed E-state index contributed by atoms with van der Waals surface area (Å²) >= 11 is 3.34. The van der Waals surface area contributed by atoms with Gasteiger partial charge in [0.05, 0.1) is 17.9 Å². The summed E-state index contributed by atoms with van der Waals surface area (Å²) in [5.74, 6) is -0.663. The summed E-state index contributed by atoms with van der Waals surface area (Å²) in [4.78, 5) is 24.4. The molecule has 0 radical (unpaired) electrons. The van der Waals surface area contributed by atoms with Crippen molar-refractivity contribution in [2.75, 3.05) is 6.61 Å². The van der Waals surface area contributed by atoms with E-state index < -0.39 is 11.8 Å². The SMILES string of the molecule is O=C(NO)C(CCn1nnc2ccccc2c1=O)COc1ccc(Br)cc1. The van der Waals surface area contributed by atoms with Crippen LogP contribution in [0.25, 0.3) is 10.9 Å². The lowest BCUT2D eigenvalue weighted by Gasteiger charge is -2.16. The predicted octanol–water partition coefficient (Wildman–Crippen LogP) is 2.14. The molecule has 1 amide bonds. The Morgan fingerprint density at radius 2 is 1.96 bits per heavy atom. The molecule has 0 aliphatic rings. The molecule has 0 saturated heterocycles. The number of hydrogen-bond acceptors (Lipinski definition) is 6. The normalized spacial score (nSPS) is 11.9. The first-order valence-electron chi connectivity index (χ1n) is 8.23. The Kier molecular flexibility index (Phi) is 6.15. The van der Waals surface area contributed by atoms with Gasteiger partial charge in [-0.2, -0.15) is 0 Å². The van der Waals surface area contributed by atoms with Crippen LogP contribution in [0.2, 0.25) is 0 Å². The van der Waals surface area contributed by atoms with Crippen molar-refractivity contribution >= 4 is 32.7 Å². The van der Waals surface area contributed by atoms with Crippen molar-refractivity contribution < 1.29 is 14.7 Å². The van der Waals surface area contributed by atoms with Gasteiger partial charge in [-0.1, -0.05) is 33.3 Å². The molecule has 1 unspecified atom stereocenters. The molecule has 0 fully saturated rings. The van der Waals surface area contributed by atoms with E-state index in [0.717, 1.165) is 4.47 Å². The van der Waals surface area contributed by atoms with Gasteiger partial charge < -0.3 is 4.74 Å². The number of hydrogen-bond donors (Lipinski definition) is 2. The first-order valence-corrected chi connectivity index (χ1v) is 9.02. The van der Waals surface area contributed by atoms with Gasteiger partial charge in [0, 0.05) is 11.0 Å². The van der Waals surface area contributed by atoms with Crippen molar-refractivity contribution in [1.82, 2.24) is 20.5 Å². The largest absolute Gasteiger partial charge is 0.493 e. The molecular weight excluding hydrogens is 416 g/mol. The van der Waals surface area contributed by atoms with Gasteiger partial charge in [0.2, 0.25) is 5.91 Å². The lowest BCUT2D eigenvalue weighted by Crippen LogP contribution is -2.34.